The van der Waals surface area contributed by atoms with Gasteiger partial charge in [0.1, 0.15) is 10.7 Å². The van der Waals surface area contributed by atoms with Gasteiger partial charge in [-0.05, 0) is 23.6 Å². The highest BCUT2D eigenvalue weighted by Gasteiger charge is 2.20. The van der Waals surface area contributed by atoms with Crippen LogP contribution in [0.15, 0.2) is 40.7 Å². The molecule has 0 aliphatic rings. The van der Waals surface area contributed by atoms with Crippen LogP contribution in [-0.4, -0.2) is 19.4 Å². The van der Waals surface area contributed by atoms with Crippen molar-refractivity contribution in [1.29, 1.82) is 0 Å². The Hall–Kier alpha value is -1.44. The van der Waals surface area contributed by atoms with E-state index in [1.165, 1.54) is 11.3 Å². The lowest BCUT2D eigenvalue weighted by Crippen LogP contribution is -2.23. The number of sulfonamides is 1. The van der Waals surface area contributed by atoms with Crippen LogP contribution in [0.4, 0.5) is 5.82 Å². The van der Waals surface area contributed by atoms with E-state index in [2.05, 4.69) is 15.0 Å². The first-order valence-corrected chi connectivity index (χ1v) is 8.59. The fourth-order valence-corrected chi connectivity index (χ4v) is 4.01. The average molecular weight is 311 g/mol. The molecule has 0 aliphatic heterocycles. The molecule has 2 aromatic rings. The molecule has 0 radical (unpaired) electrons. The molecule has 0 spiro atoms. The van der Waals surface area contributed by atoms with Gasteiger partial charge in [-0.15, -0.1) is 11.3 Å². The van der Waals surface area contributed by atoms with Gasteiger partial charge in [0.25, 0.3) is 10.0 Å². The molecule has 0 saturated heterocycles. The van der Waals surface area contributed by atoms with E-state index < -0.39 is 10.0 Å². The normalized spacial score (nSPS) is 11.8. The first-order valence-electron chi connectivity index (χ1n) is 6.22. The first-order chi connectivity index (χ1) is 9.49. The van der Waals surface area contributed by atoms with Crippen LogP contribution in [0.5, 0.6) is 0 Å². The minimum atomic E-state index is -3.59. The average Bonchev–Trinajstić information content (AvgIpc) is 2.86. The van der Waals surface area contributed by atoms with Gasteiger partial charge in [0, 0.05) is 23.7 Å². The summed E-state index contributed by atoms with van der Waals surface area (Å²) in [5.41, 5.74) is 0. The Labute approximate surface area is 123 Å². The summed E-state index contributed by atoms with van der Waals surface area (Å²) < 4.78 is 27.2. The minimum absolute atomic E-state index is 0.302. The highest BCUT2D eigenvalue weighted by molar-refractivity contribution is 7.92. The third kappa shape index (κ3) is 3.78. The predicted octanol–water partition coefficient (Wildman–Crippen LogP) is 2.44. The molecule has 0 unspecified atom stereocenters. The maximum atomic E-state index is 12.4. The van der Waals surface area contributed by atoms with Crippen LogP contribution >= 0.6 is 11.3 Å². The summed E-state index contributed by atoms with van der Waals surface area (Å²) >= 11 is 1.43. The number of rotatable bonds is 6. The first kappa shape index (κ1) is 15.0. The molecule has 0 fully saturated rings. The van der Waals surface area contributed by atoms with Gasteiger partial charge in [0.15, 0.2) is 0 Å². The summed E-state index contributed by atoms with van der Waals surface area (Å²) in [4.78, 5) is 5.08. The lowest BCUT2D eigenvalue weighted by atomic mass is 10.4. The van der Waals surface area contributed by atoms with Gasteiger partial charge in [0.2, 0.25) is 0 Å². The predicted molar refractivity (Wildman–Crippen MR) is 81.3 cm³/mol. The van der Waals surface area contributed by atoms with Crippen molar-refractivity contribution in [1.82, 2.24) is 10.3 Å². The Morgan fingerprint density at radius 3 is 2.75 bits per heavy atom. The van der Waals surface area contributed by atoms with Crippen LogP contribution in [0.3, 0.4) is 0 Å². The molecule has 0 saturated carbocycles. The van der Waals surface area contributed by atoms with Crippen molar-refractivity contribution >= 4 is 27.2 Å². The molecule has 2 aromatic heterocycles. The Kier molecular flexibility index (Phi) is 4.74. The number of nitrogens with zero attached hydrogens (tertiary/aromatic N) is 1. The Balaban J connectivity index is 2.20. The van der Waals surface area contributed by atoms with Gasteiger partial charge < -0.3 is 5.32 Å². The van der Waals surface area contributed by atoms with E-state index in [0.29, 0.717) is 23.3 Å². The molecule has 0 aromatic carbocycles. The highest BCUT2D eigenvalue weighted by Crippen LogP contribution is 2.23. The highest BCUT2D eigenvalue weighted by atomic mass is 32.2. The second kappa shape index (κ2) is 6.34. The van der Waals surface area contributed by atoms with Crippen molar-refractivity contribution in [3.63, 3.8) is 0 Å². The largest absolute Gasteiger partial charge is 0.310 e. The monoisotopic (exact) mass is 311 g/mol. The van der Waals surface area contributed by atoms with E-state index in [4.69, 9.17) is 0 Å². The molecule has 7 heteroatoms. The summed E-state index contributed by atoms with van der Waals surface area (Å²) in [6, 6.07) is 7.01. The van der Waals surface area contributed by atoms with Crippen molar-refractivity contribution in [3.8, 4) is 0 Å². The summed E-state index contributed by atoms with van der Waals surface area (Å²) in [5, 5.41) is 5.01. The van der Waals surface area contributed by atoms with Gasteiger partial charge in [-0.2, -0.15) is 0 Å². The van der Waals surface area contributed by atoms with Crippen LogP contribution in [0, 0.1) is 0 Å². The van der Waals surface area contributed by atoms with Gasteiger partial charge >= 0.3 is 0 Å². The van der Waals surface area contributed by atoms with Crippen LogP contribution in [0.25, 0.3) is 0 Å². The lowest BCUT2D eigenvalue weighted by molar-refractivity contribution is 0.581. The van der Waals surface area contributed by atoms with Crippen molar-refractivity contribution in [3.05, 3.63) is 40.7 Å². The molecule has 0 bridgehead atoms. The second-order valence-corrected chi connectivity index (χ2v) is 7.22. The molecule has 0 aliphatic carbocycles. The maximum absolute atomic E-state index is 12.4. The summed E-state index contributed by atoms with van der Waals surface area (Å²) in [6.07, 6.45) is 1.55. The van der Waals surface area contributed by atoms with Crippen molar-refractivity contribution in [2.45, 2.75) is 31.3 Å². The van der Waals surface area contributed by atoms with E-state index in [0.717, 1.165) is 4.88 Å². The number of hydrogen-bond acceptors (Lipinski definition) is 5. The van der Waals surface area contributed by atoms with Gasteiger partial charge in [0.05, 0.1) is 0 Å². The molecule has 0 atom stereocenters. The zero-order valence-corrected chi connectivity index (χ0v) is 13.0. The number of pyridine rings is 1. The lowest BCUT2D eigenvalue weighted by Gasteiger charge is -2.10. The molecule has 20 heavy (non-hydrogen) atoms. The number of hydrogen-bond donors (Lipinski definition) is 2. The number of anilines is 1. The van der Waals surface area contributed by atoms with Crippen molar-refractivity contribution in [2.24, 2.45) is 0 Å². The Bertz CT molecular complexity index is 651. The smallest absolute Gasteiger partial charge is 0.264 e. The number of nitrogens with one attached hydrogen (secondary N) is 2. The van der Waals surface area contributed by atoms with E-state index in [1.807, 2.05) is 13.8 Å². The van der Waals surface area contributed by atoms with E-state index in [9.17, 15) is 8.42 Å². The maximum Gasteiger partial charge on any atom is 0.264 e. The van der Waals surface area contributed by atoms with E-state index in [-0.39, 0.29) is 0 Å². The third-order valence-corrected chi connectivity index (χ3v) is 5.06. The minimum Gasteiger partial charge on any atom is -0.310 e. The van der Waals surface area contributed by atoms with Crippen molar-refractivity contribution in [2.75, 3.05) is 4.72 Å². The zero-order valence-electron chi connectivity index (χ0n) is 11.3. The SMILES string of the molecule is CC(C)NCc1sccc1S(=O)(=O)Nc1ccccn1. The zero-order chi connectivity index (χ0) is 14.6. The molecule has 2 heterocycles. The van der Waals surface area contributed by atoms with Gasteiger partial charge in [-0.25, -0.2) is 13.4 Å². The molecule has 2 rings (SSSR count). The third-order valence-electron chi connectivity index (χ3n) is 2.57. The fraction of sp³-hybridized carbons (Fsp3) is 0.308. The standard InChI is InChI=1S/C13H17N3O2S2/c1-10(2)15-9-11-12(6-8-19-11)20(17,18)16-13-5-3-4-7-14-13/h3-8,10,15H,9H2,1-2H3,(H,14,16). The fourth-order valence-electron chi connectivity index (χ4n) is 1.61. The van der Waals surface area contributed by atoms with E-state index >= 15 is 0 Å². The van der Waals surface area contributed by atoms with E-state index in [1.54, 1.807) is 35.8 Å². The molecule has 2 N–H and O–H groups in total. The van der Waals surface area contributed by atoms with Gasteiger partial charge in [-0.1, -0.05) is 19.9 Å². The molecular weight excluding hydrogens is 294 g/mol. The number of aromatic nitrogens is 1. The van der Waals surface area contributed by atoms with Gasteiger partial charge in [-0.3, -0.25) is 4.72 Å². The summed E-state index contributed by atoms with van der Waals surface area (Å²) in [6.45, 7) is 4.58. The van der Waals surface area contributed by atoms with Crippen LogP contribution < -0.4 is 10.0 Å². The Morgan fingerprint density at radius 2 is 2.10 bits per heavy atom. The van der Waals surface area contributed by atoms with Crippen LogP contribution in [0.2, 0.25) is 0 Å². The van der Waals surface area contributed by atoms with Crippen LogP contribution in [0.1, 0.15) is 18.7 Å². The molecule has 5 nitrogen and oxygen atoms in total. The van der Waals surface area contributed by atoms with Crippen molar-refractivity contribution < 1.29 is 8.42 Å². The van der Waals surface area contributed by atoms with Crippen LogP contribution in [-0.2, 0) is 16.6 Å². The molecule has 108 valence electrons. The number of thiophene rings is 1. The molecular formula is C13H17N3O2S2. The summed E-state index contributed by atoms with van der Waals surface area (Å²) in [7, 11) is -3.59. The Morgan fingerprint density at radius 1 is 1.30 bits per heavy atom. The second-order valence-electron chi connectivity index (χ2n) is 4.56. The topological polar surface area (TPSA) is 71.1 Å². The quantitative estimate of drug-likeness (QED) is 0.859. The summed E-state index contributed by atoms with van der Waals surface area (Å²) in [5.74, 6) is 0.321. The molecule has 0 amide bonds.